The van der Waals surface area contributed by atoms with E-state index in [0.29, 0.717) is 11.3 Å². The van der Waals surface area contributed by atoms with Crippen LogP contribution >= 0.6 is 0 Å². The number of fused-ring (bicyclic) bond motifs is 6. The fraction of sp³-hybridized carbons (Fsp3) is 0. The van der Waals surface area contributed by atoms with Gasteiger partial charge < -0.3 is 4.57 Å². The van der Waals surface area contributed by atoms with E-state index in [9.17, 15) is 4.79 Å². The molecule has 0 N–H and O–H groups in total. The van der Waals surface area contributed by atoms with Crippen LogP contribution < -0.4 is 0 Å². The van der Waals surface area contributed by atoms with Crippen LogP contribution in [0.15, 0.2) is 200 Å². The van der Waals surface area contributed by atoms with E-state index in [1.165, 1.54) is 48.9 Å². The van der Waals surface area contributed by atoms with Gasteiger partial charge in [0.2, 0.25) is 5.78 Å². The second kappa shape index (κ2) is 12.8. The smallest absolute Gasteiger partial charge is 0.213 e. The number of hydrogen-bond acceptors (Lipinski definition) is 2. The van der Waals surface area contributed by atoms with E-state index in [-0.39, 0.29) is 5.78 Å². The first-order valence-corrected chi connectivity index (χ1v) is 18.9. The van der Waals surface area contributed by atoms with Crippen LogP contribution in [0.3, 0.4) is 0 Å². The maximum absolute atomic E-state index is 14.2. The third-order valence-corrected chi connectivity index (χ3v) is 11.2. The van der Waals surface area contributed by atoms with Crippen molar-refractivity contribution in [1.29, 1.82) is 0 Å². The van der Waals surface area contributed by atoms with Crippen molar-refractivity contribution in [2.75, 3.05) is 0 Å². The van der Waals surface area contributed by atoms with Crippen LogP contribution in [0.5, 0.6) is 0 Å². The number of pyridine rings is 1. The van der Waals surface area contributed by atoms with Crippen LogP contribution in [-0.2, 0) is 0 Å². The van der Waals surface area contributed by atoms with Gasteiger partial charge in [0.05, 0.1) is 16.7 Å². The normalized spacial score (nSPS) is 11.6. The van der Waals surface area contributed by atoms with Crippen molar-refractivity contribution >= 4 is 54.8 Å². The van der Waals surface area contributed by atoms with Crippen LogP contribution in [-0.4, -0.2) is 19.7 Å². The van der Waals surface area contributed by atoms with E-state index in [0.717, 1.165) is 39.3 Å². The average molecular weight is 716 g/mol. The molecule has 0 spiro atoms. The molecule has 11 aromatic rings. The van der Waals surface area contributed by atoms with Crippen molar-refractivity contribution in [1.82, 2.24) is 14.0 Å². The van der Waals surface area contributed by atoms with Crippen molar-refractivity contribution < 1.29 is 4.79 Å². The van der Waals surface area contributed by atoms with Crippen molar-refractivity contribution in [3.63, 3.8) is 0 Å². The maximum atomic E-state index is 14.2. The summed E-state index contributed by atoms with van der Waals surface area (Å²) in [6.07, 6.45) is 1.96. The molecule has 0 atom stereocenters. The molecule has 0 aliphatic carbocycles. The minimum atomic E-state index is -0.103. The summed E-state index contributed by atoms with van der Waals surface area (Å²) < 4.78 is 4.36. The Morgan fingerprint density at radius 3 is 1.43 bits per heavy atom. The summed E-state index contributed by atoms with van der Waals surface area (Å²) in [5.41, 5.74) is 11.6. The molecule has 3 aromatic heterocycles. The SMILES string of the molecule is O=C(c1ccc(-c2c3ccccc3c(-c3ccc(-n4c5ccccc5c5ccccc54)cc3)c3ccccc23)cc1)c1nc2ccccn2c1-c1ccccc1. The Kier molecular flexibility index (Phi) is 7.29. The Morgan fingerprint density at radius 2 is 0.875 bits per heavy atom. The second-order valence-corrected chi connectivity index (χ2v) is 14.3. The highest BCUT2D eigenvalue weighted by Gasteiger charge is 2.23. The molecule has 0 fully saturated rings. The summed E-state index contributed by atoms with van der Waals surface area (Å²) in [6, 6.07) is 67.5. The molecule has 11 rings (SSSR count). The van der Waals surface area contributed by atoms with Gasteiger partial charge in [0.1, 0.15) is 11.3 Å². The van der Waals surface area contributed by atoms with Gasteiger partial charge in [-0.25, -0.2) is 4.98 Å². The van der Waals surface area contributed by atoms with Crippen molar-refractivity contribution in [2.24, 2.45) is 0 Å². The number of ketones is 1. The number of para-hydroxylation sites is 2. The predicted molar refractivity (Wildman–Crippen MR) is 231 cm³/mol. The zero-order valence-corrected chi connectivity index (χ0v) is 30.3. The summed E-state index contributed by atoms with van der Waals surface area (Å²) in [4.78, 5) is 19.1. The van der Waals surface area contributed by atoms with E-state index in [2.05, 4.69) is 138 Å². The summed E-state index contributed by atoms with van der Waals surface area (Å²) >= 11 is 0. The third kappa shape index (κ3) is 4.93. The minimum Gasteiger partial charge on any atom is -0.309 e. The molecular formula is C52H33N3O. The molecule has 4 nitrogen and oxygen atoms in total. The molecule has 262 valence electrons. The highest BCUT2D eigenvalue weighted by molar-refractivity contribution is 6.21. The van der Waals surface area contributed by atoms with Gasteiger partial charge in [0, 0.05) is 33.8 Å². The van der Waals surface area contributed by atoms with E-state index in [4.69, 9.17) is 4.98 Å². The van der Waals surface area contributed by atoms with Crippen molar-refractivity contribution in [2.45, 2.75) is 0 Å². The zero-order valence-electron chi connectivity index (χ0n) is 30.3. The number of nitrogens with zero attached hydrogens (tertiary/aromatic N) is 3. The molecular weight excluding hydrogens is 683 g/mol. The summed E-state index contributed by atoms with van der Waals surface area (Å²) in [5, 5.41) is 7.21. The monoisotopic (exact) mass is 715 g/mol. The number of carbonyl (C=O) groups is 1. The van der Waals surface area contributed by atoms with E-state index >= 15 is 0 Å². The summed E-state index contributed by atoms with van der Waals surface area (Å²) in [6.45, 7) is 0. The van der Waals surface area contributed by atoms with E-state index in [1.54, 1.807) is 0 Å². The first-order chi connectivity index (χ1) is 27.7. The lowest BCUT2D eigenvalue weighted by atomic mass is 9.85. The lowest BCUT2D eigenvalue weighted by Gasteiger charge is -2.18. The highest BCUT2D eigenvalue weighted by atomic mass is 16.1. The number of rotatable bonds is 6. The Morgan fingerprint density at radius 1 is 0.411 bits per heavy atom. The Hall–Kier alpha value is -7.56. The van der Waals surface area contributed by atoms with Crippen LogP contribution in [0.25, 0.3) is 88.2 Å². The number of imidazole rings is 1. The Bertz CT molecular complexity index is 3190. The molecule has 0 unspecified atom stereocenters. The van der Waals surface area contributed by atoms with E-state index in [1.807, 2.05) is 71.3 Å². The fourth-order valence-corrected chi connectivity index (χ4v) is 8.68. The predicted octanol–water partition coefficient (Wildman–Crippen LogP) is 13.0. The number of hydrogen-bond donors (Lipinski definition) is 0. The van der Waals surface area contributed by atoms with Gasteiger partial charge in [-0.15, -0.1) is 0 Å². The molecule has 56 heavy (non-hydrogen) atoms. The number of aromatic nitrogens is 3. The van der Waals surface area contributed by atoms with Crippen LogP contribution in [0, 0.1) is 0 Å². The summed E-state index contributed by atoms with van der Waals surface area (Å²) in [7, 11) is 0. The number of benzene rings is 8. The highest BCUT2D eigenvalue weighted by Crippen LogP contribution is 2.44. The van der Waals surface area contributed by atoms with Gasteiger partial charge in [-0.2, -0.15) is 0 Å². The quantitative estimate of drug-likeness (QED) is 0.127. The van der Waals surface area contributed by atoms with E-state index < -0.39 is 0 Å². The molecule has 0 saturated heterocycles. The lowest BCUT2D eigenvalue weighted by molar-refractivity contribution is 0.103. The summed E-state index contributed by atoms with van der Waals surface area (Å²) in [5.74, 6) is -0.103. The molecule has 0 aliphatic heterocycles. The van der Waals surface area contributed by atoms with Crippen LogP contribution in [0.4, 0.5) is 0 Å². The molecule has 0 aliphatic rings. The largest absolute Gasteiger partial charge is 0.309 e. The average Bonchev–Trinajstić information content (AvgIpc) is 3.82. The molecule has 0 saturated carbocycles. The number of carbonyl (C=O) groups excluding carboxylic acids is 1. The maximum Gasteiger partial charge on any atom is 0.213 e. The molecule has 4 heteroatoms. The lowest BCUT2D eigenvalue weighted by Crippen LogP contribution is -2.04. The molecule has 0 bridgehead atoms. The topological polar surface area (TPSA) is 39.3 Å². The molecule has 8 aromatic carbocycles. The Labute approximate surface area is 323 Å². The fourth-order valence-electron chi connectivity index (χ4n) is 8.68. The first kappa shape index (κ1) is 31.9. The second-order valence-electron chi connectivity index (χ2n) is 14.3. The van der Waals surface area contributed by atoms with Crippen molar-refractivity contribution in [3.05, 3.63) is 212 Å². The third-order valence-electron chi connectivity index (χ3n) is 11.2. The first-order valence-electron chi connectivity index (χ1n) is 18.9. The van der Waals surface area contributed by atoms with Gasteiger partial charge in [0.25, 0.3) is 0 Å². The Balaban J connectivity index is 1.02. The molecule has 3 heterocycles. The van der Waals surface area contributed by atoms with Gasteiger partial charge in [0.15, 0.2) is 0 Å². The van der Waals surface area contributed by atoms with Crippen LogP contribution in [0.1, 0.15) is 16.1 Å². The van der Waals surface area contributed by atoms with Crippen molar-refractivity contribution in [3.8, 4) is 39.2 Å². The van der Waals surface area contributed by atoms with Crippen LogP contribution in [0.2, 0.25) is 0 Å². The van der Waals surface area contributed by atoms with Gasteiger partial charge >= 0.3 is 0 Å². The van der Waals surface area contributed by atoms with Gasteiger partial charge in [-0.1, -0.05) is 158 Å². The van der Waals surface area contributed by atoms with Gasteiger partial charge in [-0.05, 0) is 80.2 Å². The minimum absolute atomic E-state index is 0.103. The van der Waals surface area contributed by atoms with Gasteiger partial charge in [-0.3, -0.25) is 9.20 Å². The standard InChI is InChI=1S/C52H33N3O/c56-52(50-51(36-14-2-1-3-15-36)54-33-13-12-24-47(54)53-50)37-27-25-34(26-28-37)48-41-18-4-6-20-43(41)49(44-21-7-5-19-42(44)48)35-29-31-38(32-30-35)55-45-22-10-8-16-39(45)40-17-9-11-23-46(40)55/h1-33H. The molecule has 0 radical (unpaired) electrons. The zero-order chi connectivity index (χ0) is 37.2. The molecule has 0 amide bonds.